The summed E-state index contributed by atoms with van der Waals surface area (Å²) in [5, 5.41) is 10.8. The van der Waals surface area contributed by atoms with E-state index in [0.29, 0.717) is 5.01 Å². The lowest BCUT2D eigenvalue weighted by Gasteiger charge is -2.11. The molecule has 1 rings (SSSR count). The second kappa shape index (κ2) is 4.49. The molecule has 0 bridgehead atoms. The molecule has 2 N–H and O–H groups in total. The van der Waals surface area contributed by atoms with Gasteiger partial charge in [0.1, 0.15) is 0 Å². The summed E-state index contributed by atoms with van der Waals surface area (Å²) in [6, 6.07) is 4.81. The van der Waals surface area contributed by atoms with Crippen LogP contribution in [0.3, 0.4) is 0 Å². The highest BCUT2D eigenvalue weighted by molar-refractivity contribution is 6.03. The Kier molecular flexibility index (Phi) is 3.31. The Morgan fingerprint density at radius 1 is 1.31 bits per heavy atom. The van der Waals surface area contributed by atoms with Gasteiger partial charge in [-0.15, -0.1) is 0 Å². The maximum Gasteiger partial charge on any atom is 0.274 e. The van der Waals surface area contributed by atoms with Crippen molar-refractivity contribution in [3.63, 3.8) is 0 Å². The van der Waals surface area contributed by atoms with Gasteiger partial charge in [0, 0.05) is 24.6 Å². The highest BCUT2D eigenvalue weighted by Gasteiger charge is 2.16. The Labute approximate surface area is 90.6 Å². The van der Waals surface area contributed by atoms with Gasteiger partial charge in [0.25, 0.3) is 11.6 Å². The summed E-state index contributed by atoms with van der Waals surface area (Å²) >= 11 is 0. The van der Waals surface area contributed by atoms with Crippen LogP contribution in [0.2, 0.25) is 0 Å². The van der Waals surface area contributed by atoms with Crippen molar-refractivity contribution in [3.8, 4) is 0 Å². The van der Waals surface area contributed by atoms with E-state index in [2.05, 4.69) is 0 Å². The molecule has 84 valence electrons. The fourth-order valence-corrected chi connectivity index (χ4v) is 1.01. The number of rotatable bonds is 2. The molecule has 0 unspecified atom stereocenters. The molecule has 0 spiro atoms. The Balaban J connectivity index is 2.94. The third-order valence-corrected chi connectivity index (χ3v) is 1.88. The number of hydrogen-bond acceptors (Lipinski definition) is 5. The minimum absolute atomic E-state index is 0.114. The molecule has 16 heavy (non-hydrogen) atoms. The van der Waals surface area contributed by atoms with Crippen LogP contribution in [0.1, 0.15) is 17.3 Å². The number of nitro groups is 1. The standard InChI is InChI=1S/C9H9N3O4/c1-6(13)11(10)9(14)7-2-4-8(5-3-7)12(15)16/h2-5H,10H2,1H3. The molecule has 1 aromatic rings. The number of imide groups is 1. The molecule has 0 atom stereocenters. The van der Waals surface area contributed by atoms with Gasteiger partial charge in [0.15, 0.2) is 0 Å². The van der Waals surface area contributed by atoms with Crippen LogP contribution in [0.15, 0.2) is 24.3 Å². The first-order valence-electron chi connectivity index (χ1n) is 4.27. The predicted molar refractivity (Wildman–Crippen MR) is 54.1 cm³/mol. The fourth-order valence-electron chi connectivity index (χ4n) is 1.01. The van der Waals surface area contributed by atoms with E-state index in [4.69, 9.17) is 5.84 Å². The van der Waals surface area contributed by atoms with E-state index in [1.165, 1.54) is 24.3 Å². The number of non-ortho nitro benzene ring substituents is 1. The van der Waals surface area contributed by atoms with Gasteiger partial charge in [-0.1, -0.05) is 0 Å². The summed E-state index contributed by atoms with van der Waals surface area (Å²) in [5.74, 6) is 3.88. The minimum atomic E-state index is -0.706. The number of hydrogen-bond donors (Lipinski definition) is 1. The van der Waals surface area contributed by atoms with Gasteiger partial charge >= 0.3 is 0 Å². The van der Waals surface area contributed by atoms with Crippen LogP contribution < -0.4 is 5.84 Å². The number of benzene rings is 1. The lowest BCUT2D eigenvalue weighted by molar-refractivity contribution is -0.384. The second-order valence-corrected chi connectivity index (χ2v) is 3.00. The zero-order valence-corrected chi connectivity index (χ0v) is 8.41. The van der Waals surface area contributed by atoms with Crippen molar-refractivity contribution >= 4 is 17.5 Å². The monoisotopic (exact) mass is 223 g/mol. The van der Waals surface area contributed by atoms with Crippen LogP contribution in [-0.2, 0) is 4.79 Å². The number of nitro benzene ring substituents is 1. The third-order valence-electron chi connectivity index (χ3n) is 1.88. The molecule has 0 fully saturated rings. The summed E-state index contributed by atoms with van der Waals surface area (Å²) in [6.07, 6.45) is 0. The number of nitrogens with two attached hydrogens (primary N) is 1. The Morgan fingerprint density at radius 3 is 2.19 bits per heavy atom. The maximum absolute atomic E-state index is 11.5. The molecular formula is C9H9N3O4. The highest BCUT2D eigenvalue weighted by atomic mass is 16.6. The maximum atomic E-state index is 11.5. The lowest BCUT2D eigenvalue weighted by atomic mass is 10.2. The first-order chi connectivity index (χ1) is 7.43. The molecule has 7 heteroatoms. The number of carbonyl (C=O) groups is 2. The summed E-state index contributed by atoms with van der Waals surface area (Å²) < 4.78 is 0. The molecular weight excluding hydrogens is 214 g/mol. The summed E-state index contributed by atoms with van der Waals surface area (Å²) in [5.41, 5.74) is -0.0220. The molecule has 1 aromatic carbocycles. The Bertz CT molecular complexity index is 441. The van der Waals surface area contributed by atoms with Gasteiger partial charge in [-0.2, -0.15) is 0 Å². The molecule has 0 heterocycles. The molecule has 0 saturated heterocycles. The van der Waals surface area contributed by atoms with Gasteiger partial charge < -0.3 is 0 Å². The zero-order valence-electron chi connectivity index (χ0n) is 8.41. The summed E-state index contributed by atoms with van der Waals surface area (Å²) in [7, 11) is 0. The van der Waals surface area contributed by atoms with Gasteiger partial charge in [-0.25, -0.2) is 10.9 Å². The molecule has 0 aliphatic carbocycles. The molecule has 2 amide bonds. The topological polar surface area (TPSA) is 107 Å². The molecule has 7 nitrogen and oxygen atoms in total. The van der Waals surface area contributed by atoms with Crippen LogP contribution in [-0.4, -0.2) is 21.7 Å². The first-order valence-corrected chi connectivity index (χ1v) is 4.27. The average molecular weight is 223 g/mol. The van der Waals surface area contributed by atoms with Crippen molar-refractivity contribution in [2.45, 2.75) is 6.92 Å². The zero-order chi connectivity index (χ0) is 12.3. The Morgan fingerprint density at radius 2 is 1.81 bits per heavy atom. The number of hydrazine groups is 1. The van der Waals surface area contributed by atoms with E-state index in [-0.39, 0.29) is 11.3 Å². The Hall–Kier alpha value is -2.28. The fraction of sp³-hybridized carbons (Fsp3) is 0.111. The average Bonchev–Trinajstić information content (AvgIpc) is 2.27. The number of carbonyl (C=O) groups excluding carboxylic acids is 2. The molecule has 0 saturated carbocycles. The molecule has 0 aromatic heterocycles. The van der Waals surface area contributed by atoms with E-state index < -0.39 is 16.7 Å². The third kappa shape index (κ3) is 2.39. The van der Waals surface area contributed by atoms with Crippen LogP contribution in [0, 0.1) is 10.1 Å². The number of nitrogens with zero attached hydrogens (tertiary/aromatic N) is 2. The SMILES string of the molecule is CC(=O)N(N)C(=O)c1ccc([N+](=O)[O-])cc1. The second-order valence-electron chi connectivity index (χ2n) is 3.00. The van der Waals surface area contributed by atoms with E-state index >= 15 is 0 Å². The predicted octanol–water partition coefficient (Wildman–Crippen LogP) is 0.457. The highest BCUT2D eigenvalue weighted by Crippen LogP contribution is 2.12. The number of amides is 2. The van der Waals surface area contributed by atoms with Crippen molar-refractivity contribution < 1.29 is 14.5 Å². The van der Waals surface area contributed by atoms with Crippen LogP contribution >= 0.6 is 0 Å². The molecule has 0 aliphatic rings. The van der Waals surface area contributed by atoms with Crippen molar-refractivity contribution in [3.05, 3.63) is 39.9 Å². The smallest absolute Gasteiger partial charge is 0.273 e. The van der Waals surface area contributed by atoms with Gasteiger partial charge in [0.2, 0.25) is 5.91 Å². The normalized spacial score (nSPS) is 9.62. The molecule has 0 aliphatic heterocycles. The van der Waals surface area contributed by atoms with E-state index in [1.807, 2.05) is 0 Å². The summed E-state index contributed by atoms with van der Waals surface area (Å²) in [4.78, 5) is 32.1. The van der Waals surface area contributed by atoms with Crippen molar-refractivity contribution in [1.29, 1.82) is 0 Å². The van der Waals surface area contributed by atoms with Gasteiger partial charge in [-0.05, 0) is 12.1 Å². The van der Waals surface area contributed by atoms with E-state index in [9.17, 15) is 19.7 Å². The quantitative estimate of drug-likeness (QED) is 0.339. The van der Waals surface area contributed by atoms with Crippen molar-refractivity contribution in [1.82, 2.24) is 5.01 Å². The van der Waals surface area contributed by atoms with E-state index in [1.54, 1.807) is 0 Å². The van der Waals surface area contributed by atoms with Crippen molar-refractivity contribution in [2.24, 2.45) is 5.84 Å². The largest absolute Gasteiger partial charge is 0.274 e. The van der Waals surface area contributed by atoms with Gasteiger partial charge in [-0.3, -0.25) is 19.7 Å². The molecule has 0 radical (unpaired) electrons. The van der Waals surface area contributed by atoms with Crippen LogP contribution in [0.4, 0.5) is 5.69 Å². The first kappa shape index (κ1) is 11.8. The van der Waals surface area contributed by atoms with Crippen LogP contribution in [0.25, 0.3) is 0 Å². The summed E-state index contributed by atoms with van der Waals surface area (Å²) in [6.45, 7) is 1.14. The van der Waals surface area contributed by atoms with Gasteiger partial charge in [0.05, 0.1) is 4.92 Å². The lowest BCUT2D eigenvalue weighted by Crippen LogP contribution is -2.41. The van der Waals surface area contributed by atoms with Crippen LogP contribution in [0.5, 0.6) is 0 Å². The minimum Gasteiger partial charge on any atom is -0.273 e. The van der Waals surface area contributed by atoms with E-state index in [0.717, 1.165) is 6.92 Å². The van der Waals surface area contributed by atoms with Crippen molar-refractivity contribution in [2.75, 3.05) is 0 Å².